The molecular formula is C21H24N2O3. The number of aryl methyl sites for hydroxylation is 2. The summed E-state index contributed by atoms with van der Waals surface area (Å²) in [7, 11) is 0. The summed E-state index contributed by atoms with van der Waals surface area (Å²) in [6.45, 7) is 6.87. The van der Waals surface area contributed by atoms with E-state index in [2.05, 4.69) is 4.90 Å². The third kappa shape index (κ3) is 4.04. The Morgan fingerprint density at radius 3 is 2.42 bits per heavy atom. The lowest BCUT2D eigenvalue weighted by atomic mass is 10.1. The van der Waals surface area contributed by atoms with E-state index in [0.29, 0.717) is 13.1 Å². The molecule has 0 spiro atoms. The Labute approximate surface area is 154 Å². The summed E-state index contributed by atoms with van der Waals surface area (Å²) < 4.78 is 5.67. The molecule has 2 aromatic rings. The van der Waals surface area contributed by atoms with Gasteiger partial charge in [-0.05, 0) is 49.2 Å². The second-order valence-electron chi connectivity index (χ2n) is 6.58. The van der Waals surface area contributed by atoms with Crippen LogP contribution in [-0.4, -0.2) is 49.9 Å². The number of benzene rings is 2. The summed E-state index contributed by atoms with van der Waals surface area (Å²) in [5.74, 6) is 0.769. The van der Waals surface area contributed by atoms with Crippen molar-refractivity contribution in [3.63, 3.8) is 0 Å². The van der Waals surface area contributed by atoms with E-state index >= 15 is 0 Å². The number of amides is 1. The van der Waals surface area contributed by atoms with Crippen LogP contribution >= 0.6 is 0 Å². The molecule has 0 atom stereocenters. The molecule has 3 rings (SSSR count). The van der Waals surface area contributed by atoms with E-state index in [1.54, 1.807) is 0 Å². The van der Waals surface area contributed by atoms with Crippen LogP contribution < -0.4 is 9.64 Å². The topological polar surface area (TPSA) is 49.9 Å². The van der Waals surface area contributed by atoms with Crippen LogP contribution in [0.4, 0.5) is 5.69 Å². The van der Waals surface area contributed by atoms with Gasteiger partial charge < -0.3 is 14.5 Å². The predicted octanol–water partition coefficient (Wildman–Crippen LogP) is 2.84. The van der Waals surface area contributed by atoms with Crippen molar-refractivity contribution in [2.24, 2.45) is 0 Å². The van der Waals surface area contributed by atoms with Crippen molar-refractivity contribution in [3.05, 3.63) is 59.2 Å². The fourth-order valence-corrected chi connectivity index (χ4v) is 3.15. The van der Waals surface area contributed by atoms with Gasteiger partial charge in [0.15, 0.2) is 6.61 Å². The molecule has 0 radical (unpaired) electrons. The number of hydrogen-bond donors (Lipinski definition) is 0. The molecule has 26 heavy (non-hydrogen) atoms. The number of ether oxygens (including phenoxy) is 1. The Kier molecular flexibility index (Phi) is 5.56. The highest BCUT2D eigenvalue weighted by Crippen LogP contribution is 2.20. The molecule has 0 aromatic heterocycles. The van der Waals surface area contributed by atoms with Gasteiger partial charge in [-0.3, -0.25) is 9.59 Å². The predicted molar refractivity (Wildman–Crippen MR) is 102 cm³/mol. The van der Waals surface area contributed by atoms with Gasteiger partial charge in [-0.2, -0.15) is 0 Å². The first-order valence-corrected chi connectivity index (χ1v) is 8.85. The van der Waals surface area contributed by atoms with Crippen LogP contribution in [0.15, 0.2) is 42.5 Å². The number of hydrogen-bond acceptors (Lipinski definition) is 4. The summed E-state index contributed by atoms with van der Waals surface area (Å²) in [4.78, 5) is 27.4. The maximum Gasteiger partial charge on any atom is 0.260 e. The van der Waals surface area contributed by atoms with Crippen molar-refractivity contribution < 1.29 is 14.3 Å². The van der Waals surface area contributed by atoms with Crippen LogP contribution in [0.1, 0.15) is 21.5 Å². The maximum atomic E-state index is 12.4. The van der Waals surface area contributed by atoms with Crippen LogP contribution in [0.2, 0.25) is 0 Å². The highest BCUT2D eigenvalue weighted by atomic mass is 16.5. The molecule has 0 saturated carbocycles. The van der Waals surface area contributed by atoms with Crippen molar-refractivity contribution in [3.8, 4) is 5.75 Å². The van der Waals surface area contributed by atoms with Gasteiger partial charge in [0.05, 0.1) is 0 Å². The van der Waals surface area contributed by atoms with Crippen LogP contribution in [-0.2, 0) is 4.79 Å². The molecule has 0 N–H and O–H groups in total. The van der Waals surface area contributed by atoms with E-state index in [-0.39, 0.29) is 12.5 Å². The van der Waals surface area contributed by atoms with Gasteiger partial charge in [-0.25, -0.2) is 0 Å². The molecule has 0 bridgehead atoms. The lowest BCUT2D eigenvalue weighted by molar-refractivity contribution is -0.133. The number of piperazine rings is 1. The fourth-order valence-electron chi connectivity index (χ4n) is 3.15. The molecule has 1 fully saturated rings. The van der Waals surface area contributed by atoms with E-state index < -0.39 is 0 Å². The number of anilines is 1. The minimum atomic E-state index is 0.0142. The zero-order valence-electron chi connectivity index (χ0n) is 15.3. The van der Waals surface area contributed by atoms with Crippen molar-refractivity contribution >= 4 is 17.9 Å². The third-order valence-electron chi connectivity index (χ3n) is 4.82. The van der Waals surface area contributed by atoms with E-state index in [4.69, 9.17) is 4.74 Å². The molecule has 0 unspecified atom stereocenters. The monoisotopic (exact) mass is 352 g/mol. The van der Waals surface area contributed by atoms with E-state index in [9.17, 15) is 9.59 Å². The average Bonchev–Trinajstić information content (AvgIpc) is 2.67. The van der Waals surface area contributed by atoms with Gasteiger partial charge in [0.25, 0.3) is 5.91 Å². The molecule has 1 amide bonds. The number of para-hydroxylation sites is 1. The first kappa shape index (κ1) is 18.0. The smallest absolute Gasteiger partial charge is 0.260 e. The van der Waals surface area contributed by atoms with Gasteiger partial charge in [-0.1, -0.05) is 18.2 Å². The first-order chi connectivity index (χ1) is 12.6. The van der Waals surface area contributed by atoms with Crippen molar-refractivity contribution in [1.29, 1.82) is 0 Å². The Morgan fingerprint density at radius 1 is 1.04 bits per heavy atom. The van der Waals surface area contributed by atoms with E-state index in [0.717, 1.165) is 47.5 Å². The van der Waals surface area contributed by atoms with Crippen molar-refractivity contribution in [1.82, 2.24) is 4.90 Å². The van der Waals surface area contributed by atoms with Gasteiger partial charge >= 0.3 is 0 Å². The lowest BCUT2D eigenvalue weighted by Gasteiger charge is -2.36. The second kappa shape index (κ2) is 8.04. The molecule has 0 aliphatic carbocycles. The highest BCUT2D eigenvalue weighted by Gasteiger charge is 2.22. The molecular weight excluding hydrogens is 328 g/mol. The van der Waals surface area contributed by atoms with Crippen LogP contribution in [0.3, 0.4) is 0 Å². The summed E-state index contributed by atoms with van der Waals surface area (Å²) >= 11 is 0. The van der Waals surface area contributed by atoms with Gasteiger partial charge in [0.2, 0.25) is 0 Å². The maximum absolute atomic E-state index is 12.4. The Hall–Kier alpha value is -2.82. The molecule has 1 aliphatic rings. The second-order valence-corrected chi connectivity index (χ2v) is 6.58. The summed E-state index contributed by atoms with van der Waals surface area (Å²) in [6.07, 6.45) is 0.879. The van der Waals surface area contributed by atoms with E-state index in [1.807, 2.05) is 61.2 Å². The number of aldehydes is 1. The van der Waals surface area contributed by atoms with Crippen LogP contribution in [0, 0.1) is 13.8 Å². The van der Waals surface area contributed by atoms with Crippen molar-refractivity contribution in [2.45, 2.75) is 13.8 Å². The molecule has 1 saturated heterocycles. The number of nitrogens with zero attached hydrogens (tertiary/aromatic N) is 2. The molecule has 1 heterocycles. The number of rotatable bonds is 5. The van der Waals surface area contributed by atoms with Crippen LogP contribution in [0.25, 0.3) is 0 Å². The minimum Gasteiger partial charge on any atom is -0.484 e. The number of carbonyl (C=O) groups excluding carboxylic acids is 2. The fraction of sp³-hybridized carbons (Fsp3) is 0.333. The molecule has 1 aliphatic heterocycles. The van der Waals surface area contributed by atoms with Gasteiger partial charge in [-0.15, -0.1) is 0 Å². The molecule has 5 nitrogen and oxygen atoms in total. The quantitative estimate of drug-likeness (QED) is 0.777. The largest absolute Gasteiger partial charge is 0.484 e. The highest BCUT2D eigenvalue weighted by molar-refractivity contribution is 5.79. The Balaban J connectivity index is 1.53. The molecule has 5 heteroatoms. The zero-order chi connectivity index (χ0) is 18.5. The SMILES string of the molecule is Cc1cc(N2CCN(C(=O)COc3ccccc3C)CC2)ccc1C=O. The van der Waals surface area contributed by atoms with E-state index in [1.165, 1.54) is 0 Å². The Morgan fingerprint density at radius 2 is 1.77 bits per heavy atom. The Bertz CT molecular complexity index is 796. The number of carbonyl (C=O) groups is 2. The average molecular weight is 352 g/mol. The van der Waals surface area contributed by atoms with Crippen LogP contribution in [0.5, 0.6) is 5.75 Å². The third-order valence-corrected chi connectivity index (χ3v) is 4.82. The molecule has 136 valence electrons. The lowest BCUT2D eigenvalue weighted by Crippen LogP contribution is -2.50. The summed E-state index contributed by atoms with van der Waals surface area (Å²) in [5.41, 5.74) is 3.81. The summed E-state index contributed by atoms with van der Waals surface area (Å²) in [6, 6.07) is 13.6. The van der Waals surface area contributed by atoms with Crippen molar-refractivity contribution in [2.75, 3.05) is 37.7 Å². The standard InChI is InChI=1S/C21H24N2O3/c1-16-5-3-4-6-20(16)26-15-21(25)23-11-9-22(10-12-23)19-8-7-18(14-24)17(2)13-19/h3-8,13-14H,9-12,15H2,1-2H3. The first-order valence-electron chi connectivity index (χ1n) is 8.85. The molecule has 2 aromatic carbocycles. The minimum absolute atomic E-state index is 0.0142. The summed E-state index contributed by atoms with van der Waals surface area (Å²) in [5, 5.41) is 0. The van der Waals surface area contributed by atoms with Gasteiger partial charge in [0.1, 0.15) is 12.0 Å². The zero-order valence-corrected chi connectivity index (χ0v) is 15.3. The normalized spacial score (nSPS) is 14.2. The van der Waals surface area contributed by atoms with Gasteiger partial charge in [0, 0.05) is 37.4 Å².